The minimum absolute atomic E-state index is 0.123. The molecule has 1 aromatic rings. The predicted octanol–water partition coefficient (Wildman–Crippen LogP) is 3.35. The van der Waals surface area contributed by atoms with Crippen molar-refractivity contribution in [2.45, 2.75) is 66.0 Å². The molecule has 0 saturated heterocycles. The third kappa shape index (κ3) is 5.81. The van der Waals surface area contributed by atoms with E-state index in [0.29, 0.717) is 36.1 Å². The fourth-order valence-corrected chi connectivity index (χ4v) is 3.81. The first-order valence-electron chi connectivity index (χ1n) is 10.7. The first-order chi connectivity index (χ1) is 15.1. The second kappa shape index (κ2) is 11.0. The van der Waals surface area contributed by atoms with Crippen molar-refractivity contribution in [3.8, 4) is 11.5 Å². The lowest BCUT2D eigenvalue weighted by Gasteiger charge is -2.18. The van der Waals surface area contributed by atoms with Gasteiger partial charge in [-0.1, -0.05) is 25.5 Å². The number of benzene rings is 1. The minimum atomic E-state index is -0.660. The van der Waals surface area contributed by atoms with E-state index in [0.717, 1.165) is 11.1 Å². The standard InChI is InChI=1S/C24H33NO7/c1-13(2)11-18(23(28)31-6)25-19(26)10-8-14(3)7-9-16-21(27)20-17(12-32-24(20)29)15(4)22(16)30-5/h7,13,18,27H,8-12H2,1-6H3,(H,25,26)/b14-7+/t18-/m0/s1. The highest BCUT2D eigenvalue weighted by atomic mass is 16.5. The molecule has 0 spiro atoms. The van der Waals surface area contributed by atoms with Crippen LogP contribution in [0.1, 0.15) is 67.1 Å². The molecule has 0 aromatic heterocycles. The highest BCUT2D eigenvalue weighted by molar-refractivity contribution is 5.98. The maximum atomic E-state index is 12.3. The van der Waals surface area contributed by atoms with E-state index in [1.165, 1.54) is 14.2 Å². The number of esters is 2. The number of phenolic OH excluding ortho intramolecular Hbond substituents is 1. The number of methoxy groups -OCH3 is 2. The maximum Gasteiger partial charge on any atom is 0.342 e. The average Bonchev–Trinajstić information content (AvgIpc) is 3.14. The van der Waals surface area contributed by atoms with Crippen LogP contribution in [0.15, 0.2) is 11.6 Å². The number of nitrogens with one attached hydrogen (secondary N) is 1. The molecule has 2 rings (SSSR count). The van der Waals surface area contributed by atoms with Crippen molar-refractivity contribution in [3.63, 3.8) is 0 Å². The molecule has 1 aliphatic rings. The number of ether oxygens (including phenoxy) is 3. The highest BCUT2D eigenvalue weighted by Crippen LogP contribution is 2.42. The van der Waals surface area contributed by atoms with Gasteiger partial charge in [0.2, 0.25) is 5.91 Å². The molecule has 1 atom stereocenters. The smallest absolute Gasteiger partial charge is 0.342 e. The Morgan fingerprint density at radius 1 is 1.25 bits per heavy atom. The molecule has 0 unspecified atom stereocenters. The van der Waals surface area contributed by atoms with Crippen molar-refractivity contribution < 1.29 is 33.7 Å². The van der Waals surface area contributed by atoms with E-state index in [4.69, 9.17) is 14.2 Å². The second-order valence-electron chi connectivity index (χ2n) is 8.44. The van der Waals surface area contributed by atoms with E-state index in [9.17, 15) is 19.5 Å². The summed E-state index contributed by atoms with van der Waals surface area (Å²) < 4.78 is 15.3. The van der Waals surface area contributed by atoms with Crippen molar-refractivity contribution >= 4 is 17.8 Å². The number of hydrogen-bond donors (Lipinski definition) is 2. The van der Waals surface area contributed by atoms with Gasteiger partial charge in [0.05, 0.1) is 14.2 Å². The van der Waals surface area contributed by atoms with Crippen LogP contribution in [0.2, 0.25) is 0 Å². The summed E-state index contributed by atoms with van der Waals surface area (Å²) in [6.07, 6.45) is 3.43. The van der Waals surface area contributed by atoms with Crippen molar-refractivity contribution in [1.29, 1.82) is 0 Å². The third-order valence-electron chi connectivity index (χ3n) is 5.58. The van der Waals surface area contributed by atoms with Gasteiger partial charge in [0, 0.05) is 17.5 Å². The summed E-state index contributed by atoms with van der Waals surface area (Å²) in [7, 11) is 2.82. The number of cyclic esters (lactones) is 1. The Bertz CT molecular complexity index is 918. The van der Waals surface area contributed by atoms with Gasteiger partial charge in [-0.2, -0.15) is 0 Å². The Morgan fingerprint density at radius 3 is 2.53 bits per heavy atom. The molecule has 1 aromatic carbocycles. The SMILES string of the molecule is COC(=O)[C@H](CC(C)C)NC(=O)CC/C(C)=C/Cc1c(O)c2c(c(C)c1OC)COC2=O. The first kappa shape index (κ1) is 25.2. The number of carbonyl (C=O) groups excluding carboxylic acids is 3. The summed E-state index contributed by atoms with van der Waals surface area (Å²) in [4.78, 5) is 36.2. The van der Waals surface area contributed by atoms with Crippen LogP contribution in [0.5, 0.6) is 11.5 Å². The van der Waals surface area contributed by atoms with Crippen molar-refractivity contribution in [3.05, 3.63) is 33.9 Å². The molecular weight excluding hydrogens is 414 g/mol. The molecule has 2 N–H and O–H groups in total. The molecule has 1 aliphatic heterocycles. The molecular formula is C24H33NO7. The van der Waals surface area contributed by atoms with Gasteiger partial charge in [-0.3, -0.25) is 4.79 Å². The lowest BCUT2D eigenvalue weighted by atomic mass is 9.94. The summed E-state index contributed by atoms with van der Waals surface area (Å²) in [5.41, 5.74) is 3.05. The van der Waals surface area contributed by atoms with E-state index in [-0.39, 0.29) is 36.2 Å². The van der Waals surface area contributed by atoms with E-state index in [1.807, 2.05) is 33.8 Å². The molecule has 0 radical (unpaired) electrons. The Balaban J connectivity index is 2.07. The summed E-state index contributed by atoms with van der Waals surface area (Å²) in [5, 5.41) is 13.4. The Morgan fingerprint density at radius 2 is 1.94 bits per heavy atom. The van der Waals surface area contributed by atoms with Crippen LogP contribution in [-0.2, 0) is 32.1 Å². The molecule has 1 amide bonds. The van der Waals surface area contributed by atoms with Gasteiger partial charge in [-0.25, -0.2) is 9.59 Å². The Kier molecular flexibility index (Phi) is 8.69. The maximum absolute atomic E-state index is 12.3. The summed E-state index contributed by atoms with van der Waals surface area (Å²) in [6.45, 7) is 7.78. The number of allylic oxidation sites excluding steroid dienone is 2. The minimum Gasteiger partial charge on any atom is -0.507 e. The van der Waals surface area contributed by atoms with Crippen LogP contribution < -0.4 is 10.1 Å². The number of phenols is 1. The molecule has 176 valence electrons. The van der Waals surface area contributed by atoms with Crippen LogP contribution in [-0.4, -0.2) is 43.2 Å². The summed E-state index contributed by atoms with van der Waals surface area (Å²) in [5.74, 6) is -0.588. The van der Waals surface area contributed by atoms with Crippen LogP contribution in [0.4, 0.5) is 0 Å². The Hall–Kier alpha value is -3.03. The fourth-order valence-electron chi connectivity index (χ4n) is 3.81. The summed E-state index contributed by atoms with van der Waals surface area (Å²) in [6, 6.07) is -0.660. The second-order valence-corrected chi connectivity index (χ2v) is 8.44. The van der Waals surface area contributed by atoms with Gasteiger partial charge in [-0.15, -0.1) is 0 Å². The number of fused-ring (bicyclic) bond motifs is 1. The van der Waals surface area contributed by atoms with Gasteiger partial charge in [-0.05, 0) is 44.6 Å². The molecule has 1 heterocycles. The number of hydrogen-bond acceptors (Lipinski definition) is 7. The number of amides is 1. The summed E-state index contributed by atoms with van der Waals surface area (Å²) >= 11 is 0. The number of aromatic hydroxyl groups is 1. The van der Waals surface area contributed by atoms with Gasteiger partial charge in [0.25, 0.3) is 0 Å². The number of carbonyl (C=O) groups is 3. The molecule has 0 saturated carbocycles. The van der Waals surface area contributed by atoms with Gasteiger partial charge < -0.3 is 24.6 Å². The lowest BCUT2D eigenvalue weighted by Crippen LogP contribution is -2.42. The number of rotatable bonds is 10. The van der Waals surface area contributed by atoms with Gasteiger partial charge in [0.15, 0.2) is 0 Å². The van der Waals surface area contributed by atoms with E-state index in [1.54, 1.807) is 0 Å². The lowest BCUT2D eigenvalue weighted by molar-refractivity contribution is -0.145. The quantitative estimate of drug-likeness (QED) is 0.418. The first-order valence-corrected chi connectivity index (χ1v) is 10.7. The zero-order valence-electron chi connectivity index (χ0n) is 19.7. The van der Waals surface area contributed by atoms with Crippen molar-refractivity contribution in [1.82, 2.24) is 5.32 Å². The van der Waals surface area contributed by atoms with Gasteiger partial charge in [0.1, 0.15) is 29.7 Å². The van der Waals surface area contributed by atoms with Crippen LogP contribution in [0, 0.1) is 12.8 Å². The van der Waals surface area contributed by atoms with E-state index >= 15 is 0 Å². The molecule has 0 bridgehead atoms. The van der Waals surface area contributed by atoms with Gasteiger partial charge >= 0.3 is 11.9 Å². The fraction of sp³-hybridized carbons (Fsp3) is 0.542. The zero-order valence-corrected chi connectivity index (χ0v) is 19.7. The van der Waals surface area contributed by atoms with Crippen LogP contribution >= 0.6 is 0 Å². The highest BCUT2D eigenvalue weighted by Gasteiger charge is 2.31. The third-order valence-corrected chi connectivity index (χ3v) is 5.58. The molecule has 0 fully saturated rings. The monoisotopic (exact) mass is 447 g/mol. The average molecular weight is 448 g/mol. The van der Waals surface area contributed by atoms with E-state index < -0.39 is 18.0 Å². The molecule has 8 heteroatoms. The van der Waals surface area contributed by atoms with Crippen molar-refractivity contribution in [2.24, 2.45) is 5.92 Å². The normalized spacial score (nSPS) is 14.1. The topological polar surface area (TPSA) is 111 Å². The Labute approximate surface area is 188 Å². The molecule has 0 aliphatic carbocycles. The molecule has 32 heavy (non-hydrogen) atoms. The largest absolute Gasteiger partial charge is 0.507 e. The molecule has 8 nitrogen and oxygen atoms in total. The van der Waals surface area contributed by atoms with E-state index in [2.05, 4.69) is 5.32 Å². The van der Waals surface area contributed by atoms with Crippen molar-refractivity contribution in [2.75, 3.05) is 14.2 Å². The van der Waals surface area contributed by atoms with Crippen LogP contribution in [0.3, 0.4) is 0 Å². The predicted molar refractivity (Wildman–Crippen MR) is 119 cm³/mol. The van der Waals surface area contributed by atoms with Crippen LogP contribution in [0.25, 0.3) is 0 Å². The zero-order chi connectivity index (χ0) is 24.0.